The van der Waals surface area contributed by atoms with Crippen LogP contribution in [-0.2, 0) is 14.8 Å². The van der Waals surface area contributed by atoms with Gasteiger partial charge in [-0.25, -0.2) is 17.2 Å². The molecule has 0 bridgehead atoms. The highest BCUT2D eigenvalue weighted by atomic mass is 32.2. The van der Waals surface area contributed by atoms with E-state index in [0.717, 1.165) is 27.9 Å². The third kappa shape index (κ3) is 4.96. The minimum Gasteiger partial charge on any atom is -0.497 e. The molecule has 2 saturated heterocycles. The van der Waals surface area contributed by atoms with Gasteiger partial charge in [0, 0.05) is 56.9 Å². The summed E-state index contributed by atoms with van der Waals surface area (Å²) in [6.07, 6.45) is 0.705. The number of rotatable bonds is 5. The van der Waals surface area contributed by atoms with Crippen molar-refractivity contribution >= 4 is 21.6 Å². The first-order valence-electron chi connectivity index (χ1n) is 10.9. The first kappa shape index (κ1) is 23.4. The van der Waals surface area contributed by atoms with Crippen LogP contribution in [0.2, 0.25) is 0 Å². The molecular formula is C23H27F2N3O4S. The van der Waals surface area contributed by atoms with Gasteiger partial charge in [-0.1, -0.05) is 6.07 Å². The summed E-state index contributed by atoms with van der Waals surface area (Å²) in [5, 5.41) is 0. The summed E-state index contributed by atoms with van der Waals surface area (Å²) in [5.41, 5.74) is 1.05. The molecule has 0 saturated carbocycles. The molecule has 2 aliphatic rings. The number of hydrogen-bond acceptors (Lipinski definition) is 5. The molecule has 4 rings (SSSR count). The third-order valence-corrected chi connectivity index (χ3v) is 8.24. The molecule has 33 heavy (non-hydrogen) atoms. The van der Waals surface area contributed by atoms with Crippen molar-refractivity contribution in [1.29, 1.82) is 0 Å². The second-order valence-corrected chi connectivity index (χ2v) is 10.2. The SMILES string of the molecule is COc1cccc(N2CCN(C(=O)C3CCN(S(=O)(=O)c4cc(F)ccc4F)CC3)CC2)c1. The number of sulfonamides is 1. The van der Waals surface area contributed by atoms with Gasteiger partial charge >= 0.3 is 0 Å². The minimum atomic E-state index is -4.16. The average molecular weight is 480 g/mol. The molecule has 0 atom stereocenters. The van der Waals surface area contributed by atoms with E-state index in [1.165, 1.54) is 0 Å². The minimum absolute atomic E-state index is 0.0225. The molecule has 1 amide bonds. The number of hydrogen-bond donors (Lipinski definition) is 0. The Kier molecular flexibility index (Phi) is 6.85. The van der Waals surface area contributed by atoms with Gasteiger partial charge in [-0.15, -0.1) is 0 Å². The van der Waals surface area contributed by atoms with Gasteiger partial charge in [-0.2, -0.15) is 4.31 Å². The van der Waals surface area contributed by atoms with Crippen LogP contribution in [0.1, 0.15) is 12.8 Å². The summed E-state index contributed by atoms with van der Waals surface area (Å²) in [5.74, 6) is -1.27. The summed E-state index contributed by atoms with van der Waals surface area (Å²) in [4.78, 5) is 16.4. The van der Waals surface area contributed by atoms with E-state index in [1.54, 1.807) is 7.11 Å². The molecule has 10 heteroatoms. The Morgan fingerprint density at radius 1 is 0.970 bits per heavy atom. The van der Waals surface area contributed by atoms with E-state index in [1.807, 2.05) is 29.2 Å². The van der Waals surface area contributed by atoms with E-state index < -0.39 is 26.6 Å². The van der Waals surface area contributed by atoms with Crippen molar-refractivity contribution in [2.75, 3.05) is 51.3 Å². The van der Waals surface area contributed by atoms with E-state index in [-0.39, 0.29) is 24.9 Å². The summed E-state index contributed by atoms with van der Waals surface area (Å²) >= 11 is 0. The quantitative estimate of drug-likeness (QED) is 0.660. The second kappa shape index (κ2) is 9.64. The van der Waals surface area contributed by atoms with Crippen molar-refractivity contribution in [2.24, 2.45) is 5.92 Å². The molecule has 0 radical (unpaired) electrons. The molecule has 0 aliphatic carbocycles. The predicted molar refractivity (Wildman–Crippen MR) is 120 cm³/mol. The van der Waals surface area contributed by atoms with Crippen molar-refractivity contribution in [2.45, 2.75) is 17.7 Å². The zero-order chi connectivity index (χ0) is 23.6. The molecule has 2 aromatic carbocycles. The summed E-state index contributed by atoms with van der Waals surface area (Å²) in [6, 6.07) is 10.2. The van der Waals surface area contributed by atoms with Gasteiger partial charge in [-0.3, -0.25) is 4.79 Å². The molecule has 0 N–H and O–H groups in total. The maximum Gasteiger partial charge on any atom is 0.246 e. The van der Waals surface area contributed by atoms with Gasteiger partial charge in [-0.05, 0) is 43.2 Å². The first-order valence-corrected chi connectivity index (χ1v) is 12.4. The fraction of sp³-hybridized carbons (Fsp3) is 0.435. The number of amides is 1. The fourth-order valence-electron chi connectivity index (χ4n) is 4.41. The number of ether oxygens (including phenoxy) is 1. The number of anilines is 1. The summed E-state index contributed by atoms with van der Waals surface area (Å²) in [7, 11) is -2.53. The number of carbonyl (C=O) groups excluding carboxylic acids is 1. The molecule has 2 aliphatic heterocycles. The monoisotopic (exact) mass is 479 g/mol. The maximum absolute atomic E-state index is 14.0. The fourth-order valence-corrected chi connectivity index (χ4v) is 5.95. The summed E-state index contributed by atoms with van der Waals surface area (Å²) < 4.78 is 59.4. The van der Waals surface area contributed by atoms with Gasteiger partial charge in [0.05, 0.1) is 7.11 Å². The number of nitrogens with zero attached hydrogens (tertiary/aromatic N) is 3. The lowest BCUT2D eigenvalue weighted by Gasteiger charge is -2.39. The largest absolute Gasteiger partial charge is 0.497 e. The van der Waals surface area contributed by atoms with E-state index >= 15 is 0 Å². The van der Waals surface area contributed by atoms with E-state index in [2.05, 4.69) is 4.90 Å². The number of piperidine rings is 1. The van der Waals surface area contributed by atoms with Crippen LogP contribution >= 0.6 is 0 Å². The Balaban J connectivity index is 1.33. The van der Waals surface area contributed by atoms with Crippen LogP contribution in [0.4, 0.5) is 14.5 Å². The molecule has 0 aromatic heterocycles. The van der Waals surface area contributed by atoms with Crippen LogP contribution in [0.5, 0.6) is 5.75 Å². The average Bonchev–Trinajstić information content (AvgIpc) is 2.85. The van der Waals surface area contributed by atoms with Gasteiger partial charge in [0.15, 0.2) is 0 Å². The van der Waals surface area contributed by atoms with Crippen LogP contribution in [0.15, 0.2) is 47.4 Å². The number of benzene rings is 2. The van der Waals surface area contributed by atoms with Crippen LogP contribution in [-0.4, -0.2) is 69.9 Å². The standard InChI is InChI=1S/C23H27F2N3O4S/c1-32-20-4-2-3-19(16-20)26-11-13-27(14-12-26)23(29)17-7-9-28(10-8-17)33(30,31)22-15-18(24)5-6-21(22)25/h2-6,15-17H,7-14H2,1H3. The van der Waals surface area contributed by atoms with Crippen molar-refractivity contribution in [1.82, 2.24) is 9.21 Å². The molecule has 2 fully saturated rings. The van der Waals surface area contributed by atoms with Crippen LogP contribution < -0.4 is 9.64 Å². The topological polar surface area (TPSA) is 70.2 Å². The zero-order valence-corrected chi connectivity index (χ0v) is 19.2. The predicted octanol–water partition coefficient (Wildman–Crippen LogP) is 2.72. The zero-order valence-electron chi connectivity index (χ0n) is 18.4. The highest BCUT2D eigenvalue weighted by molar-refractivity contribution is 7.89. The maximum atomic E-state index is 14.0. The first-order chi connectivity index (χ1) is 15.8. The normalized spacial score (nSPS) is 18.4. The lowest BCUT2D eigenvalue weighted by atomic mass is 9.96. The Morgan fingerprint density at radius 3 is 2.33 bits per heavy atom. The van der Waals surface area contributed by atoms with Crippen molar-refractivity contribution < 1.29 is 26.7 Å². The Bertz CT molecular complexity index is 1110. The molecule has 2 aromatic rings. The van der Waals surface area contributed by atoms with E-state index in [0.29, 0.717) is 45.1 Å². The molecule has 0 spiro atoms. The lowest BCUT2D eigenvalue weighted by molar-refractivity contribution is -0.137. The Hall–Kier alpha value is -2.72. The Labute approximate surface area is 192 Å². The highest BCUT2D eigenvalue weighted by Gasteiger charge is 2.35. The smallest absolute Gasteiger partial charge is 0.246 e. The van der Waals surface area contributed by atoms with Crippen LogP contribution in [0.25, 0.3) is 0 Å². The summed E-state index contributed by atoms with van der Waals surface area (Å²) in [6.45, 7) is 2.76. The molecule has 178 valence electrons. The van der Waals surface area contributed by atoms with Crippen LogP contribution in [0.3, 0.4) is 0 Å². The van der Waals surface area contributed by atoms with E-state index in [4.69, 9.17) is 4.74 Å². The highest BCUT2D eigenvalue weighted by Crippen LogP contribution is 2.28. The van der Waals surface area contributed by atoms with Crippen molar-refractivity contribution in [3.05, 3.63) is 54.1 Å². The van der Waals surface area contributed by atoms with Gasteiger partial charge in [0.25, 0.3) is 0 Å². The van der Waals surface area contributed by atoms with Gasteiger partial charge in [0.1, 0.15) is 22.3 Å². The number of piperazine rings is 1. The second-order valence-electron chi connectivity index (χ2n) is 8.27. The molecule has 0 unspecified atom stereocenters. The van der Waals surface area contributed by atoms with Crippen LogP contribution in [0, 0.1) is 17.6 Å². The van der Waals surface area contributed by atoms with E-state index in [9.17, 15) is 22.0 Å². The van der Waals surface area contributed by atoms with Gasteiger partial charge < -0.3 is 14.5 Å². The van der Waals surface area contributed by atoms with Gasteiger partial charge in [0.2, 0.25) is 15.9 Å². The Morgan fingerprint density at radius 2 is 1.67 bits per heavy atom. The van der Waals surface area contributed by atoms with Crippen molar-refractivity contribution in [3.63, 3.8) is 0 Å². The number of methoxy groups -OCH3 is 1. The molecule has 7 nitrogen and oxygen atoms in total. The number of carbonyl (C=O) groups is 1. The molecular weight excluding hydrogens is 452 g/mol. The van der Waals surface area contributed by atoms with Crippen molar-refractivity contribution in [3.8, 4) is 5.75 Å². The lowest BCUT2D eigenvalue weighted by Crippen LogP contribution is -2.52. The number of halogens is 2. The molecule has 2 heterocycles. The third-order valence-electron chi connectivity index (χ3n) is 6.32.